The van der Waals surface area contributed by atoms with Crippen molar-refractivity contribution in [2.75, 3.05) is 0 Å². The molecule has 0 aliphatic heterocycles. The van der Waals surface area contributed by atoms with E-state index in [4.69, 9.17) is 5.11 Å². The van der Waals surface area contributed by atoms with Crippen LogP contribution >= 0.6 is 0 Å². The third kappa shape index (κ3) is 1.70. The number of carboxylic acids is 1. The van der Waals surface area contributed by atoms with Gasteiger partial charge in [-0.1, -0.05) is 6.92 Å². The average Bonchev–Trinajstić information content (AvgIpc) is 2.56. The van der Waals surface area contributed by atoms with E-state index in [1.165, 1.54) is 0 Å². The summed E-state index contributed by atoms with van der Waals surface area (Å²) in [6, 6.07) is 1.85. The van der Waals surface area contributed by atoms with Gasteiger partial charge in [-0.25, -0.2) is 0 Å². The highest BCUT2D eigenvalue weighted by Crippen LogP contribution is 2.22. The van der Waals surface area contributed by atoms with E-state index in [9.17, 15) is 4.79 Å². The first-order chi connectivity index (χ1) is 7.22. The molecule has 0 unspecified atom stereocenters. The number of aromatic amines is 1. The van der Waals surface area contributed by atoms with E-state index in [0.717, 1.165) is 28.6 Å². The van der Waals surface area contributed by atoms with Crippen molar-refractivity contribution in [1.82, 2.24) is 9.97 Å². The molecule has 0 saturated heterocycles. The van der Waals surface area contributed by atoms with Gasteiger partial charge in [0.1, 0.15) is 0 Å². The normalized spacial score (nSPS) is 10.7. The number of pyridine rings is 1. The molecule has 0 aliphatic rings. The van der Waals surface area contributed by atoms with Crippen LogP contribution in [0.4, 0.5) is 0 Å². The van der Waals surface area contributed by atoms with Crippen LogP contribution in [0.3, 0.4) is 0 Å². The Morgan fingerprint density at radius 1 is 1.60 bits per heavy atom. The highest BCUT2D eigenvalue weighted by atomic mass is 16.4. The van der Waals surface area contributed by atoms with Gasteiger partial charge in [-0.15, -0.1) is 0 Å². The number of hydrogen-bond donors (Lipinski definition) is 2. The molecule has 2 N–H and O–H groups in total. The third-order valence-corrected chi connectivity index (χ3v) is 2.48. The maximum absolute atomic E-state index is 10.7. The van der Waals surface area contributed by atoms with E-state index in [1.807, 2.05) is 13.0 Å². The molecule has 0 spiro atoms. The van der Waals surface area contributed by atoms with Crippen LogP contribution in [-0.2, 0) is 17.6 Å². The van der Waals surface area contributed by atoms with Crippen LogP contribution in [0.25, 0.3) is 10.9 Å². The molecule has 0 aromatic carbocycles. The standard InChI is InChI=1S/C11H12N2O2/c1-2-9-8(5-11(14)15)7-3-4-12-6-10(7)13-9/h3-4,6,13H,2,5H2,1H3,(H,14,15). The number of aromatic nitrogens is 2. The number of nitrogens with zero attached hydrogens (tertiary/aromatic N) is 1. The summed E-state index contributed by atoms with van der Waals surface area (Å²) >= 11 is 0. The number of aliphatic carboxylic acids is 1. The minimum absolute atomic E-state index is 0.0627. The van der Waals surface area contributed by atoms with Gasteiger partial charge in [0.2, 0.25) is 0 Å². The summed E-state index contributed by atoms with van der Waals surface area (Å²) in [7, 11) is 0. The van der Waals surface area contributed by atoms with Crippen LogP contribution in [0, 0.1) is 0 Å². The largest absolute Gasteiger partial charge is 0.481 e. The van der Waals surface area contributed by atoms with Crippen molar-refractivity contribution >= 4 is 16.9 Å². The van der Waals surface area contributed by atoms with Gasteiger partial charge in [-0.2, -0.15) is 0 Å². The highest BCUT2D eigenvalue weighted by Gasteiger charge is 2.12. The molecule has 0 aliphatic carbocycles. The lowest BCUT2D eigenvalue weighted by molar-refractivity contribution is -0.136. The highest BCUT2D eigenvalue weighted by molar-refractivity contribution is 5.87. The van der Waals surface area contributed by atoms with E-state index >= 15 is 0 Å². The molecule has 0 fully saturated rings. The fourth-order valence-corrected chi connectivity index (χ4v) is 1.81. The number of H-pyrrole nitrogens is 1. The zero-order chi connectivity index (χ0) is 10.8. The Bertz CT molecular complexity index is 502. The molecule has 4 nitrogen and oxygen atoms in total. The van der Waals surface area contributed by atoms with Crippen LogP contribution in [-0.4, -0.2) is 21.0 Å². The maximum atomic E-state index is 10.7. The molecule has 0 bridgehead atoms. The molecular weight excluding hydrogens is 192 g/mol. The van der Waals surface area contributed by atoms with Crippen molar-refractivity contribution in [3.8, 4) is 0 Å². The van der Waals surface area contributed by atoms with Crippen molar-refractivity contribution in [1.29, 1.82) is 0 Å². The lowest BCUT2D eigenvalue weighted by Crippen LogP contribution is -2.01. The van der Waals surface area contributed by atoms with E-state index in [-0.39, 0.29) is 6.42 Å². The van der Waals surface area contributed by atoms with Gasteiger partial charge in [0.15, 0.2) is 0 Å². The fraction of sp³-hybridized carbons (Fsp3) is 0.273. The molecule has 2 aromatic heterocycles. The van der Waals surface area contributed by atoms with Crippen LogP contribution in [0.2, 0.25) is 0 Å². The average molecular weight is 204 g/mol. The molecule has 0 atom stereocenters. The number of fused-ring (bicyclic) bond motifs is 1. The van der Waals surface area contributed by atoms with E-state index in [1.54, 1.807) is 12.4 Å². The summed E-state index contributed by atoms with van der Waals surface area (Å²) in [5, 5.41) is 9.80. The molecule has 4 heteroatoms. The zero-order valence-corrected chi connectivity index (χ0v) is 8.45. The van der Waals surface area contributed by atoms with Gasteiger partial charge in [0.25, 0.3) is 0 Å². The number of nitrogens with one attached hydrogen (secondary N) is 1. The van der Waals surface area contributed by atoms with E-state index < -0.39 is 5.97 Å². The van der Waals surface area contributed by atoms with Gasteiger partial charge in [0, 0.05) is 17.3 Å². The van der Waals surface area contributed by atoms with E-state index in [0.29, 0.717) is 0 Å². The first-order valence-corrected chi connectivity index (χ1v) is 4.87. The Hall–Kier alpha value is -1.84. The minimum Gasteiger partial charge on any atom is -0.481 e. The smallest absolute Gasteiger partial charge is 0.307 e. The maximum Gasteiger partial charge on any atom is 0.307 e. The molecular formula is C11H12N2O2. The molecule has 0 saturated carbocycles. The topological polar surface area (TPSA) is 66.0 Å². The second kappa shape index (κ2) is 3.73. The molecule has 2 aromatic rings. The van der Waals surface area contributed by atoms with Crippen LogP contribution in [0.15, 0.2) is 18.5 Å². The van der Waals surface area contributed by atoms with Gasteiger partial charge >= 0.3 is 5.97 Å². The predicted molar refractivity (Wildman–Crippen MR) is 56.8 cm³/mol. The minimum atomic E-state index is -0.803. The first-order valence-electron chi connectivity index (χ1n) is 4.87. The summed E-state index contributed by atoms with van der Waals surface area (Å²) < 4.78 is 0. The van der Waals surface area contributed by atoms with Gasteiger partial charge in [-0.05, 0) is 18.1 Å². The number of rotatable bonds is 3. The molecule has 0 amide bonds. The lowest BCUT2D eigenvalue weighted by Gasteiger charge is -1.98. The van der Waals surface area contributed by atoms with Crippen LogP contribution in [0.1, 0.15) is 18.2 Å². The van der Waals surface area contributed by atoms with E-state index in [2.05, 4.69) is 9.97 Å². The van der Waals surface area contributed by atoms with Gasteiger partial charge in [0.05, 0.1) is 18.1 Å². The SMILES string of the molecule is CCc1[nH]c2cnccc2c1CC(=O)O. The quantitative estimate of drug-likeness (QED) is 0.800. The molecule has 78 valence electrons. The molecule has 15 heavy (non-hydrogen) atoms. The second-order valence-corrected chi connectivity index (χ2v) is 3.43. The van der Waals surface area contributed by atoms with Crippen LogP contribution in [0.5, 0.6) is 0 Å². The van der Waals surface area contributed by atoms with Crippen LogP contribution < -0.4 is 0 Å². The first kappa shape index (κ1) is 9.71. The van der Waals surface area contributed by atoms with Crippen molar-refractivity contribution in [3.05, 3.63) is 29.7 Å². The van der Waals surface area contributed by atoms with Crippen molar-refractivity contribution in [2.45, 2.75) is 19.8 Å². The zero-order valence-electron chi connectivity index (χ0n) is 8.45. The number of aryl methyl sites for hydroxylation is 1. The monoisotopic (exact) mass is 204 g/mol. The Morgan fingerprint density at radius 3 is 3.07 bits per heavy atom. The van der Waals surface area contributed by atoms with Crippen molar-refractivity contribution < 1.29 is 9.90 Å². The third-order valence-electron chi connectivity index (χ3n) is 2.48. The molecule has 2 rings (SSSR count). The summed E-state index contributed by atoms with van der Waals surface area (Å²) in [5.74, 6) is -0.803. The van der Waals surface area contributed by atoms with Gasteiger partial charge in [-0.3, -0.25) is 9.78 Å². The Balaban J connectivity index is 2.61. The predicted octanol–water partition coefficient (Wildman–Crippen LogP) is 1.75. The second-order valence-electron chi connectivity index (χ2n) is 3.43. The summed E-state index contributed by atoms with van der Waals surface area (Å²) in [6.07, 6.45) is 4.27. The summed E-state index contributed by atoms with van der Waals surface area (Å²) in [4.78, 5) is 17.9. The van der Waals surface area contributed by atoms with Crippen molar-refractivity contribution in [3.63, 3.8) is 0 Å². The Morgan fingerprint density at radius 2 is 2.40 bits per heavy atom. The summed E-state index contributed by atoms with van der Waals surface area (Å²) in [5.41, 5.74) is 2.77. The van der Waals surface area contributed by atoms with Gasteiger partial charge < -0.3 is 10.1 Å². The van der Waals surface area contributed by atoms with Crippen molar-refractivity contribution in [2.24, 2.45) is 0 Å². The number of hydrogen-bond acceptors (Lipinski definition) is 2. The number of carbonyl (C=O) groups is 1. The fourth-order valence-electron chi connectivity index (χ4n) is 1.81. The molecule has 2 heterocycles. The Labute approximate surface area is 87.0 Å². The number of carboxylic acid groups (broad SMARTS) is 1. The molecule has 0 radical (unpaired) electrons. The lowest BCUT2D eigenvalue weighted by atomic mass is 10.1. The Kier molecular flexibility index (Phi) is 2.41. The summed E-state index contributed by atoms with van der Waals surface area (Å²) in [6.45, 7) is 2.00.